The van der Waals surface area contributed by atoms with Crippen molar-refractivity contribution in [1.29, 1.82) is 0 Å². The molecule has 12 rings (SSSR count). The average molecular weight is 707 g/mol. The van der Waals surface area contributed by atoms with Crippen molar-refractivity contribution in [2.45, 2.75) is 19.3 Å². The molecular weight excluding hydrogens is 673 g/mol. The van der Waals surface area contributed by atoms with Crippen LogP contribution in [0.2, 0.25) is 0 Å². The molecule has 0 fully saturated rings. The molecule has 9 aromatic rings. The minimum absolute atomic E-state index is 0.0541. The lowest BCUT2D eigenvalue weighted by atomic mass is 9.82. The maximum Gasteiger partial charge on any atom is 0.155 e. The van der Waals surface area contributed by atoms with Crippen LogP contribution in [-0.2, 0) is 5.41 Å². The number of benzene rings is 8. The second-order valence-electron chi connectivity index (χ2n) is 15.4. The zero-order valence-electron chi connectivity index (χ0n) is 30.4. The van der Waals surface area contributed by atoms with Crippen LogP contribution in [0, 0.1) is 0 Å². The van der Waals surface area contributed by atoms with E-state index in [1.54, 1.807) is 0 Å². The van der Waals surface area contributed by atoms with Gasteiger partial charge in [0.25, 0.3) is 0 Å². The number of hydrogen-bond donors (Lipinski definition) is 0. The Balaban J connectivity index is 0.992. The number of fused-ring (bicyclic) bond motifs is 4. The normalized spacial score (nSPS) is 13.7. The number of ether oxygens (including phenoxy) is 2. The van der Waals surface area contributed by atoms with Gasteiger partial charge in [-0.15, -0.1) is 0 Å². The Morgan fingerprint density at radius 1 is 0.418 bits per heavy atom. The van der Waals surface area contributed by atoms with Crippen LogP contribution < -0.4 is 14.4 Å². The van der Waals surface area contributed by atoms with Crippen LogP contribution in [0.25, 0.3) is 60.9 Å². The molecule has 55 heavy (non-hydrogen) atoms. The average Bonchev–Trinajstić information content (AvgIpc) is 3.69. The first kappa shape index (κ1) is 30.4. The van der Waals surface area contributed by atoms with Crippen molar-refractivity contribution in [2.24, 2.45) is 0 Å². The van der Waals surface area contributed by atoms with E-state index in [1.807, 2.05) is 18.2 Å². The van der Waals surface area contributed by atoms with E-state index in [0.717, 1.165) is 78.7 Å². The lowest BCUT2D eigenvalue weighted by molar-refractivity contribution is 0.444. The zero-order valence-corrected chi connectivity index (χ0v) is 30.4. The number of hydrogen-bond acceptors (Lipinski definition) is 3. The summed E-state index contributed by atoms with van der Waals surface area (Å²) >= 11 is 0. The van der Waals surface area contributed by atoms with Crippen LogP contribution in [0.15, 0.2) is 170 Å². The maximum atomic E-state index is 6.64. The Labute approximate surface area is 319 Å². The van der Waals surface area contributed by atoms with Crippen LogP contribution >= 0.6 is 0 Å². The standard InChI is InChI=1S/C51H34N2O2/c1-51(2)42-14-7-6-12-38(42)40-30-37(26-27-43(40)51)52(35-22-18-32(19-23-35)31-10-4-3-5-11-31)36-24-20-33(21-25-36)34-28-41-39-13-8-15-44-48(39)53-49(41)47(29-34)55-46-17-9-16-45(54-44)50(46)53/h3-30H,1-2H3. The highest BCUT2D eigenvalue weighted by molar-refractivity contribution is 6.16. The lowest BCUT2D eigenvalue weighted by Gasteiger charge is -2.28. The van der Waals surface area contributed by atoms with Crippen molar-refractivity contribution in [3.8, 4) is 62.1 Å². The number of aromatic nitrogens is 1. The quantitative estimate of drug-likeness (QED) is 0.178. The first-order chi connectivity index (χ1) is 27.0. The summed E-state index contributed by atoms with van der Waals surface area (Å²) in [6.45, 7) is 4.67. The molecule has 8 aromatic carbocycles. The third kappa shape index (κ3) is 4.28. The van der Waals surface area contributed by atoms with Crippen LogP contribution in [0.5, 0.6) is 23.0 Å². The molecule has 0 saturated heterocycles. The topological polar surface area (TPSA) is 26.6 Å². The van der Waals surface area contributed by atoms with Gasteiger partial charge in [-0.3, -0.25) is 4.57 Å². The monoisotopic (exact) mass is 706 g/mol. The van der Waals surface area contributed by atoms with Gasteiger partial charge in [-0.1, -0.05) is 117 Å². The lowest BCUT2D eigenvalue weighted by Crippen LogP contribution is -2.15. The van der Waals surface area contributed by atoms with Gasteiger partial charge in [-0.05, 0) is 111 Å². The van der Waals surface area contributed by atoms with Gasteiger partial charge in [0, 0.05) is 33.2 Å². The first-order valence-electron chi connectivity index (χ1n) is 18.9. The fraction of sp³-hybridized carbons (Fsp3) is 0.0588. The van der Waals surface area contributed by atoms with Gasteiger partial charge in [0.15, 0.2) is 23.0 Å². The van der Waals surface area contributed by atoms with E-state index in [1.165, 1.54) is 33.4 Å². The molecule has 260 valence electrons. The van der Waals surface area contributed by atoms with Crippen molar-refractivity contribution in [2.75, 3.05) is 4.90 Å². The fourth-order valence-corrected chi connectivity index (χ4v) is 9.33. The fourth-order valence-electron chi connectivity index (χ4n) is 9.33. The van der Waals surface area contributed by atoms with Crippen LogP contribution in [0.3, 0.4) is 0 Å². The molecule has 0 bridgehead atoms. The molecule has 3 heterocycles. The molecule has 0 radical (unpaired) electrons. The van der Waals surface area contributed by atoms with Crippen molar-refractivity contribution in [1.82, 2.24) is 4.57 Å². The molecular formula is C51H34N2O2. The summed E-state index contributed by atoms with van der Waals surface area (Å²) in [7, 11) is 0. The SMILES string of the molecule is CC1(C)c2ccccc2-c2cc(N(c3ccc(-c4ccccc4)cc3)c3ccc(-c4cc5c6c(c4)c4cccc7c4n6-c4c(cccc4O5)O7)cc3)ccc21. The van der Waals surface area contributed by atoms with Crippen molar-refractivity contribution >= 4 is 38.9 Å². The Bertz CT molecular complexity index is 3050. The van der Waals surface area contributed by atoms with E-state index in [0.29, 0.717) is 0 Å². The van der Waals surface area contributed by atoms with E-state index in [-0.39, 0.29) is 5.41 Å². The van der Waals surface area contributed by atoms with Crippen molar-refractivity contribution < 1.29 is 9.47 Å². The molecule has 2 aliphatic heterocycles. The molecule has 0 spiro atoms. The molecule has 0 unspecified atom stereocenters. The van der Waals surface area contributed by atoms with Gasteiger partial charge in [-0.25, -0.2) is 0 Å². The highest BCUT2D eigenvalue weighted by atomic mass is 16.5. The van der Waals surface area contributed by atoms with Crippen LogP contribution in [-0.4, -0.2) is 4.57 Å². The zero-order chi connectivity index (χ0) is 36.4. The molecule has 0 N–H and O–H groups in total. The number of rotatable bonds is 5. The van der Waals surface area contributed by atoms with E-state index in [2.05, 4.69) is 175 Å². The largest absolute Gasteiger partial charge is 0.453 e. The second kappa shape index (κ2) is 11.0. The van der Waals surface area contributed by atoms with E-state index in [9.17, 15) is 0 Å². The molecule has 0 atom stereocenters. The van der Waals surface area contributed by atoms with E-state index >= 15 is 0 Å². The highest BCUT2D eigenvalue weighted by Crippen LogP contribution is 2.55. The summed E-state index contributed by atoms with van der Waals surface area (Å²) in [6.07, 6.45) is 0. The molecule has 0 amide bonds. The predicted octanol–water partition coefficient (Wildman–Crippen LogP) is 14.1. The van der Waals surface area contributed by atoms with E-state index < -0.39 is 0 Å². The van der Waals surface area contributed by atoms with Crippen molar-refractivity contribution in [3.63, 3.8) is 0 Å². The second-order valence-corrected chi connectivity index (χ2v) is 15.4. The number of anilines is 3. The summed E-state index contributed by atoms with van der Waals surface area (Å²) in [6, 6.07) is 61.1. The van der Waals surface area contributed by atoms with Crippen LogP contribution in [0.1, 0.15) is 25.0 Å². The Kier molecular flexibility index (Phi) is 6.09. The van der Waals surface area contributed by atoms with Gasteiger partial charge in [-0.2, -0.15) is 0 Å². The van der Waals surface area contributed by atoms with Crippen molar-refractivity contribution in [3.05, 3.63) is 181 Å². The summed E-state index contributed by atoms with van der Waals surface area (Å²) in [4.78, 5) is 2.38. The smallest absolute Gasteiger partial charge is 0.155 e. The Morgan fingerprint density at radius 2 is 1.00 bits per heavy atom. The summed E-state index contributed by atoms with van der Waals surface area (Å²) < 4.78 is 15.4. The molecule has 4 heteroatoms. The van der Waals surface area contributed by atoms with Gasteiger partial charge >= 0.3 is 0 Å². The van der Waals surface area contributed by atoms with Gasteiger partial charge in [0.1, 0.15) is 5.69 Å². The van der Waals surface area contributed by atoms with Gasteiger partial charge < -0.3 is 14.4 Å². The Hall–Kier alpha value is -7.04. The third-order valence-corrected chi connectivity index (χ3v) is 12.0. The minimum atomic E-state index is -0.0541. The number of nitrogens with zero attached hydrogens (tertiary/aromatic N) is 2. The highest BCUT2D eigenvalue weighted by Gasteiger charge is 2.36. The molecule has 0 saturated carbocycles. The molecule has 1 aliphatic carbocycles. The van der Waals surface area contributed by atoms with Crippen LogP contribution in [0.4, 0.5) is 17.1 Å². The van der Waals surface area contributed by atoms with Gasteiger partial charge in [0.2, 0.25) is 0 Å². The molecule has 1 aromatic heterocycles. The maximum absolute atomic E-state index is 6.64. The number of para-hydroxylation sites is 2. The molecule has 3 aliphatic rings. The third-order valence-electron chi connectivity index (χ3n) is 12.0. The minimum Gasteiger partial charge on any atom is -0.453 e. The van der Waals surface area contributed by atoms with Gasteiger partial charge in [0.05, 0.1) is 11.0 Å². The summed E-state index contributed by atoms with van der Waals surface area (Å²) in [5.41, 5.74) is 16.4. The summed E-state index contributed by atoms with van der Waals surface area (Å²) in [5.74, 6) is 3.34. The predicted molar refractivity (Wildman–Crippen MR) is 224 cm³/mol. The summed E-state index contributed by atoms with van der Waals surface area (Å²) in [5, 5.41) is 2.31. The molecule has 4 nitrogen and oxygen atoms in total. The Morgan fingerprint density at radius 3 is 1.76 bits per heavy atom. The first-order valence-corrected chi connectivity index (χ1v) is 18.9. The van der Waals surface area contributed by atoms with E-state index in [4.69, 9.17) is 9.47 Å².